The number of benzene rings is 2. The van der Waals surface area contributed by atoms with E-state index in [1.165, 1.54) is 0 Å². The minimum Gasteiger partial charge on any atom is -0.493 e. The van der Waals surface area contributed by atoms with Gasteiger partial charge in [0.15, 0.2) is 11.5 Å². The van der Waals surface area contributed by atoms with Crippen LogP contribution in [0.2, 0.25) is 0 Å². The molecule has 0 aliphatic carbocycles. The number of fused-ring (bicyclic) bond motifs is 1. The molecule has 2 amide bonds. The Morgan fingerprint density at radius 1 is 0.872 bits per heavy atom. The second-order valence-electron chi connectivity index (χ2n) is 11.7. The summed E-state index contributed by atoms with van der Waals surface area (Å²) in [4.78, 5) is 30.7. The molecule has 0 saturated carbocycles. The van der Waals surface area contributed by atoms with Gasteiger partial charge in [0.25, 0.3) is 0 Å². The first-order chi connectivity index (χ1) is 22.8. The number of carbonyl (C=O) groups excluding carboxylic acids is 1. The van der Waals surface area contributed by atoms with Gasteiger partial charge in [-0.25, -0.2) is 14.8 Å². The van der Waals surface area contributed by atoms with Crippen molar-refractivity contribution in [2.24, 2.45) is 0 Å². The van der Waals surface area contributed by atoms with Crippen molar-refractivity contribution in [1.29, 1.82) is 0 Å². The zero-order chi connectivity index (χ0) is 33.2. The van der Waals surface area contributed by atoms with E-state index in [9.17, 15) is 9.36 Å². The summed E-state index contributed by atoms with van der Waals surface area (Å²) in [5, 5.41) is 3.87. The van der Waals surface area contributed by atoms with Crippen molar-refractivity contribution in [2.45, 2.75) is 20.8 Å². The van der Waals surface area contributed by atoms with Gasteiger partial charge in [-0.2, -0.15) is 0 Å². The molecule has 2 aliphatic rings. The summed E-state index contributed by atoms with van der Waals surface area (Å²) >= 11 is 0. The Hall–Kier alpha value is -3.48. The highest BCUT2D eigenvalue weighted by Gasteiger charge is 2.27. The number of urea groups is 1. The molecule has 0 atom stereocenters. The molecule has 256 valence electrons. The number of anilines is 2. The van der Waals surface area contributed by atoms with E-state index in [1.807, 2.05) is 62.1 Å². The highest BCUT2D eigenvalue weighted by molar-refractivity contribution is 7.53. The van der Waals surface area contributed by atoms with E-state index in [0.717, 1.165) is 60.7 Å². The van der Waals surface area contributed by atoms with Crippen LogP contribution in [0.1, 0.15) is 19.4 Å². The fourth-order valence-electron chi connectivity index (χ4n) is 5.88. The summed E-state index contributed by atoms with van der Waals surface area (Å²) < 4.78 is 35.6. The van der Waals surface area contributed by atoms with E-state index in [2.05, 4.69) is 30.0 Å². The maximum atomic E-state index is 12.8. The second kappa shape index (κ2) is 16.6. The van der Waals surface area contributed by atoms with E-state index in [0.29, 0.717) is 70.2 Å². The van der Waals surface area contributed by atoms with Crippen molar-refractivity contribution in [3.05, 3.63) is 48.3 Å². The number of aryl methyl sites for hydroxylation is 1. The molecule has 1 N–H and O–H groups in total. The van der Waals surface area contributed by atoms with E-state index in [1.54, 1.807) is 13.4 Å². The van der Waals surface area contributed by atoms with Gasteiger partial charge in [-0.3, -0.25) is 9.46 Å². The van der Waals surface area contributed by atoms with Crippen LogP contribution in [-0.4, -0.2) is 129 Å². The first kappa shape index (κ1) is 34.8. The predicted molar refractivity (Wildman–Crippen MR) is 184 cm³/mol. The maximum absolute atomic E-state index is 12.8. The van der Waals surface area contributed by atoms with E-state index < -0.39 is 7.60 Å². The smallest absolute Gasteiger partial charge is 0.331 e. The third kappa shape index (κ3) is 9.33. The van der Waals surface area contributed by atoms with Gasteiger partial charge in [0.2, 0.25) is 0 Å². The summed E-state index contributed by atoms with van der Waals surface area (Å²) in [5.74, 6) is 2.08. The quantitative estimate of drug-likeness (QED) is 0.243. The Morgan fingerprint density at radius 2 is 1.53 bits per heavy atom. The zero-order valence-corrected chi connectivity index (χ0v) is 28.9. The van der Waals surface area contributed by atoms with Crippen molar-refractivity contribution >= 4 is 36.0 Å². The molecule has 47 heavy (non-hydrogen) atoms. The summed E-state index contributed by atoms with van der Waals surface area (Å²) in [6.07, 6.45) is 1.98. The monoisotopic (exact) mass is 669 g/mol. The number of piperazine rings is 2. The largest absolute Gasteiger partial charge is 0.493 e. The SMILES string of the molecule is CCOP(=O)(CCN1CCN(CCOc2cc3ncnc(N4CCN(C(=O)Nc5ccc(C)cc5)CC4)c3cc2OC)CC1)OCC. The minimum absolute atomic E-state index is 0.0992. The molecule has 3 aromatic rings. The molecule has 2 aliphatic heterocycles. The third-order valence-corrected chi connectivity index (χ3v) is 10.6. The molecule has 5 rings (SSSR count). The minimum atomic E-state index is -3.02. The predicted octanol–water partition coefficient (Wildman–Crippen LogP) is 4.56. The van der Waals surface area contributed by atoms with Gasteiger partial charge < -0.3 is 38.5 Å². The van der Waals surface area contributed by atoms with Crippen LogP contribution in [-0.2, 0) is 13.6 Å². The van der Waals surface area contributed by atoms with Crippen molar-refractivity contribution in [1.82, 2.24) is 24.7 Å². The summed E-state index contributed by atoms with van der Waals surface area (Å²) in [6, 6.07) is 11.6. The first-order valence-electron chi connectivity index (χ1n) is 16.5. The van der Waals surface area contributed by atoms with Gasteiger partial charge in [0.05, 0.1) is 32.0 Å². The number of ether oxygens (including phenoxy) is 2. The lowest BCUT2D eigenvalue weighted by molar-refractivity contribution is 0.118. The zero-order valence-electron chi connectivity index (χ0n) is 28.0. The molecule has 2 aromatic carbocycles. The van der Waals surface area contributed by atoms with Crippen LogP contribution in [0.4, 0.5) is 16.3 Å². The fourth-order valence-corrected chi connectivity index (χ4v) is 7.53. The van der Waals surface area contributed by atoms with Crippen LogP contribution in [0.5, 0.6) is 11.5 Å². The molecule has 2 saturated heterocycles. The molecule has 2 fully saturated rings. The van der Waals surface area contributed by atoms with Crippen LogP contribution in [0, 0.1) is 6.92 Å². The first-order valence-corrected chi connectivity index (χ1v) is 18.2. The van der Waals surface area contributed by atoms with Gasteiger partial charge in [-0.05, 0) is 39.0 Å². The van der Waals surface area contributed by atoms with Crippen molar-refractivity contribution in [3.8, 4) is 11.5 Å². The molecular weight excluding hydrogens is 621 g/mol. The topological polar surface area (TPSA) is 122 Å². The Kier molecular flexibility index (Phi) is 12.3. The van der Waals surface area contributed by atoms with Crippen molar-refractivity contribution in [3.63, 3.8) is 0 Å². The highest BCUT2D eigenvalue weighted by Crippen LogP contribution is 2.47. The number of amides is 2. The van der Waals surface area contributed by atoms with E-state index in [4.69, 9.17) is 18.5 Å². The van der Waals surface area contributed by atoms with Crippen molar-refractivity contribution in [2.75, 3.05) is 109 Å². The van der Waals surface area contributed by atoms with Gasteiger partial charge in [0, 0.05) is 82.6 Å². The number of methoxy groups -OCH3 is 1. The Balaban J connectivity index is 1.12. The molecule has 1 aromatic heterocycles. The second-order valence-corrected chi connectivity index (χ2v) is 13.9. The molecule has 14 heteroatoms. The number of aromatic nitrogens is 2. The lowest BCUT2D eigenvalue weighted by Gasteiger charge is -2.35. The molecule has 3 heterocycles. The van der Waals surface area contributed by atoms with Crippen LogP contribution >= 0.6 is 7.60 Å². The fraction of sp³-hybridized carbons (Fsp3) is 0.545. The highest BCUT2D eigenvalue weighted by atomic mass is 31.2. The van der Waals surface area contributed by atoms with Crippen molar-refractivity contribution < 1.29 is 27.9 Å². The lowest BCUT2D eigenvalue weighted by Crippen LogP contribution is -2.50. The Morgan fingerprint density at radius 3 is 2.17 bits per heavy atom. The number of nitrogens with zero attached hydrogens (tertiary/aromatic N) is 6. The molecule has 0 unspecified atom stereocenters. The van der Waals surface area contributed by atoms with E-state index in [-0.39, 0.29) is 6.03 Å². The van der Waals surface area contributed by atoms with Crippen LogP contribution in [0.15, 0.2) is 42.7 Å². The molecular formula is C33H48N7O6P. The van der Waals surface area contributed by atoms with Gasteiger partial charge >= 0.3 is 13.6 Å². The van der Waals surface area contributed by atoms with Crippen LogP contribution < -0.4 is 19.7 Å². The number of nitrogens with one attached hydrogen (secondary N) is 1. The van der Waals surface area contributed by atoms with Crippen LogP contribution in [0.3, 0.4) is 0 Å². The Labute approximate surface area is 277 Å². The number of hydrogen-bond acceptors (Lipinski definition) is 11. The summed E-state index contributed by atoms with van der Waals surface area (Å²) in [5.41, 5.74) is 2.71. The standard InChI is InChI=1S/C33H48N7O6P/c1-5-45-47(42,46-6-2)22-20-38-13-11-37(12-14-38)19-21-44-31-24-29-28(23-30(31)43-4)32(35-25-34-29)39-15-17-40(18-16-39)33(41)36-27-9-7-26(3)8-10-27/h7-10,23-25H,5-6,11-22H2,1-4H3,(H,36,41). The summed E-state index contributed by atoms with van der Waals surface area (Å²) in [6.45, 7) is 14.5. The lowest BCUT2D eigenvalue weighted by atomic mass is 10.2. The number of rotatable bonds is 14. The van der Waals surface area contributed by atoms with Gasteiger partial charge in [-0.1, -0.05) is 17.7 Å². The molecule has 0 spiro atoms. The molecule has 0 bridgehead atoms. The average molecular weight is 670 g/mol. The molecule has 13 nitrogen and oxygen atoms in total. The normalized spacial score (nSPS) is 16.4. The van der Waals surface area contributed by atoms with Gasteiger partial charge in [0.1, 0.15) is 18.8 Å². The van der Waals surface area contributed by atoms with Gasteiger partial charge in [-0.15, -0.1) is 0 Å². The number of hydrogen-bond donors (Lipinski definition) is 1. The maximum Gasteiger partial charge on any atom is 0.331 e. The molecule has 0 radical (unpaired) electrons. The van der Waals surface area contributed by atoms with Crippen LogP contribution in [0.25, 0.3) is 10.9 Å². The summed E-state index contributed by atoms with van der Waals surface area (Å²) in [7, 11) is -1.39. The average Bonchev–Trinajstić information content (AvgIpc) is 3.08. The third-order valence-electron chi connectivity index (χ3n) is 8.54. The Bertz CT molecular complexity index is 1500. The van der Waals surface area contributed by atoms with E-state index >= 15 is 0 Å². The number of carbonyl (C=O) groups is 1.